The van der Waals surface area contributed by atoms with Crippen LogP contribution in [0.15, 0.2) is 29.8 Å². The molecule has 0 atom stereocenters. The van der Waals surface area contributed by atoms with Crippen molar-refractivity contribution in [2.45, 2.75) is 33.6 Å². The van der Waals surface area contributed by atoms with E-state index in [9.17, 15) is 4.79 Å². The van der Waals surface area contributed by atoms with Crippen LogP contribution in [0.4, 0.5) is 0 Å². The molecule has 19 heavy (non-hydrogen) atoms. The van der Waals surface area contributed by atoms with Crippen LogP contribution in [0.25, 0.3) is 5.57 Å². The molecule has 1 aromatic rings. The van der Waals surface area contributed by atoms with Gasteiger partial charge in [-0.15, -0.1) is 0 Å². The molecular formula is C17H21NO. The lowest BCUT2D eigenvalue weighted by Gasteiger charge is -2.33. The van der Waals surface area contributed by atoms with Crippen molar-refractivity contribution in [1.29, 1.82) is 0 Å². The predicted octanol–water partition coefficient (Wildman–Crippen LogP) is 3.27. The second-order valence-electron chi connectivity index (χ2n) is 6.64. The monoisotopic (exact) mass is 255 g/mol. The summed E-state index contributed by atoms with van der Waals surface area (Å²) in [5, 5.41) is 0. The highest BCUT2D eigenvalue weighted by Crippen LogP contribution is 2.38. The van der Waals surface area contributed by atoms with E-state index >= 15 is 0 Å². The highest BCUT2D eigenvalue weighted by atomic mass is 16.2. The van der Waals surface area contributed by atoms with E-state index in [0.717, 1.165) is 25.9 Å². The van der Waals surface area contributed by atoms with Gasteiger partial charge in [0.25, 0.3) is 0 Å². The number of nitrogens with zero attached hydrogens (tertiary/aromatic N) is 1. The molecule has 100 valence electrons. The van der Waals surface area contributed by atoms with Crippen LogP contribution < -0.4 is 0 Å². The molecule has 0 spiro atoms. The minimum Gasteiger partial charge on any atom is -0.338 e. The number of benzene rings is 1. The van der Waals surface area contributed by atoms with Crippen molar-refractivity contribution in [2.75, 3.05) is 13.1 Å². The number of rotatable bonds is 0. The largest absolute Gasteiger partial charge is 0.338 e. The Balaban J connectivity index is 1.84. The van der Waals surface area contributed by atoms with Crippen molar-refractivity contribution >= 4 is 11.5 Å². The van der Waals surface area contributed by atoms with Gasteiger partial charge in [0.1, 0.15) is 0 Å². The summed E-state index contributed by atoms with van der Waals surface area (Å²) in [4.78, 5) is 14.4. The van der Waals surface area contributed by atoms with Crippen LogP contribution in [0.5, 0.6) is 0 Å². The summed E-state index contributed by atoms with van der Waals surface area (Å²) in [6.45, 7) is 7.69. The van der Waals surface area contributed by atoms with Gasteiger partial charge in [0, 0.05) is 18.5 Å². The molecule has 1 heterocycles. The number of fused-ring (bicyclic) bond motifs is 2. The zero-order valence-corrected chi connectivity index (χ0v) is 12.0. The topological polar surface area (TPSA) is 20.3 Å². The van der Waals surface area contributed by atoms with Crippen LogP contribution in [-0.2, 0) is 11.2 Å². The van der Waals surface area contributed by atoms with Crippen LogP contribution in [0.3, 0.4) is 0 Å². The van der Waals surface area contributed by atoms with Crippen molar-refractivity contribution in [3.8, 4) is 0 Å². The average Bonchev–Trinajstić information content (AvgIpc) is 2.74. The molecule has 2 heteroatoms. The number of hydrogen-bond acceptors (Lipinski definition) is 1. The summed E-state index contributed by atoms with van der Waals surface area (Å²) in [6, 6.07) is 8.65. The van der Waals surface area contributed by atoms with E-state index in [4.69, 9.17) is 0 Å². The Morgan fingerprint density at radius 1 is 1.21 bits per heavy atom. The molecule has 0 aromatic heterocycles. The van der Waals surface area contributed by atoms with Gasteiger partial charge >= 0.3 is 0 Å². The highest BCUT2D eigenvalue weighted by molar-refractivity contribution is 5.85. The SMILES string of the molecule is CC(C)(C)C(=O)N1CCC2=C(Cc3ccccc32)C1. The van der Waals surface area contributed by atoms with Gasteiger partial charge in [0.2, 0.25) is 5.91 Å². The number of amides is 1. The van der Waals surface area contributed by atoms with Gasteiger partial charge in [0.15, 0.2) is 0 Å². The van der Waals surface area contributed by atoms with Crippen LogP contribution >= 0.6 is 0 Å². The first kappa shape index (κ1) is 12.5. The molecule has 1 aliphatic carbocycles. The van der Waals surface area contributed by atoms with Crippen molar-refractivity contribution < 1.29 is 4.79 Å². The minimum atomic E-state index is -0.274. The Morgan fingerprint density at radius 2 is 1.95 bits per heavy atom. The maximum atomic E-state index is 12.4. The lowest BCUT2D eigenvalue weighted by molar-refractivity contribution is -0.139. The van der Waals surface area contributed by atoms with E-state index in [-0.39, 0.29) is 11.3 Å². The van der Waals surface area contributed by atoms with Crippen LogP contribution in [0.2, 0.25) is 0 Å². The normalized spacial score (nSPS) is 18.4. The van der Waals surface area contributed by atoms with Gasteiger partial charge in [-0.25, -0.2) is 0 Å². The lowest BCUT2D eigenvalue weighted by Crippen LogP contribution is -2.42. The summed E-state index contributed by atoms with van der Waals surface area (Å²) in [6.07, 6.45) is 2.04. The van der Waals surface area contributed by atoms with Gasteiger partial charge in [0.05, 0.1) is 0 Å². The van der Waals surface area contributed by atoms with Crippen LogP contribution in [0.1, 0.15) is 38.3 Å². The first-order valence-corrected chi connectivity index (χ1v) is 7.05. The van der Waals surface area contributed by atoms with E-state index in [1.807, 2.05) is 25.7 Å². The molecule has 0 saturated heterocycles. The van der Waals surface area contributed by atoms with Crippen molar-refractivity contribution in [2.24, 2.45) is 5.41 Å². The molecule has 0 radical (unpaired) electrons. The van der Waals surface area contributed by atoms with E-state index in [2.05, 4.69) is 24.3 Å². The third kappa shape index (κ3) is 2.09. The average molecular weight is 255 g/mol. The van der Waals surface area contributed by atoms with E-state index in [0.29, 0.717) is 0 Å². The Bertz CT molecular complexity index is 563. The van der Waals surface area contributed by atoms with Gasteiger partial charge in [-0.2, -0.15) is 0 Å². The second kappa shape index (κ2) is 4.22. The molecule has 0 fully saturated rings. The maximum Gasteiger partial charge on any atom is 0.228 e. The number of hydrogen-bond donors (Lipinski definition) is 0. The number of carbonyl (C=O) groups is 1. The molecule has 0 bridgehead atoms. The molecule has 3 rings (SSSR count). The summed E-state index contributed by atoms with van der Waals surface area (Å²) >= 11 is 0. The first-order valence-electron chi connectivity index (χ1n) is 7.05. The molecule has 0 unspecified atom stereocenters. The standard InChI is InChI=1S/C17H21NO/c1-17(2,3)16(19)18-9-8-15-13(11-18)10-12-6-4-5-7-14(12)15/h4-7H,8-11H2,1-3H3. The zero-order valence-electron chi connectivity index (χ0n) is 12.0. The van der Waals surface area contributed by atoms with E-state index in [1.54, 1.807) is 0 Å². The molecule has 0 saturated carbocycles. The van der Waals surface area contributed by atoms with Crippen molar-refractivity contribution in [3.63, 3.8) is 0 Å². The summed E-state index contributed by atoms with van der Waals surface area (Å²) in [5.41, 5.74) is 5.51. The summed E-state index contributed by atoms with van der Waals surface area (Å²) in [5.74, 6) is 0.273. The quantitative estimate of drug-likeness (QED) is 0.696. The smallest absolute Gasteiger partial charge is 0.228 e. The fraction of sp³-hybridized carbons (Fsp3) is 0.471. The predicted molar refractivity (Wildman–Crippen MR) is 77.7 cm³/mol. The van der Waals surface area contributed by atoms with Gasteiger partial charge in [-0.3, -0.25) is 4.79 Å². The zero-order chi connectivity index (χ0) is 13.6. The fourth-order valence-electron chi connectivity index (χ4n) is 3.16. The first-order chi connectivity index (χ1) is 8.97. The van der Waals surface area contributed by atoms with Gasteiger partial charge in [-0.1, -0.05) is 45.0 Å². The van der Waals surface area contributed by atoms with Gasteiger partial charge in [-0.05, 0) is 35.1 Å². The molecule has 1 aromatic carbocycles. The molecular weight excluding hydrogens is 234 g/mol. The van der Waals surface area contributed by atoms with Crippen molar-refractivity contribution in [1.82, 2.24) is 4.90 Å². The molecule has 1 aliphatic heterocycles. The fourth-order valence-corrected chi connectivity index (χ4v) is 3.16. The second-order valence-corrected chi connectivity index (χ2v) is 6.64. The third-order valence-electron chi connectivity index (χ3n) is 4.12. The van der Waals surface area contributed by atoms with Crippen LogP contribution in [0, 0.1) is 5.41 Å². The maximum absolute atomic E-state index is 12.4. The summed E-state index contributed by atoms with van der Waals surface area (Å²) < 4.78 is 0. The molecule has 2 aliphatic rings. The van der Waals surface area contributed by atoms with Crippen LogP contribution in [-0.4, -0.2) is 23.9 Å². The molecule has 0 N–H and O–H groups in total. The number of carbonyl (C=O) groups excluding carboxylic acids is 1. The summed E-state index contributed by atoms with van der Waals surface area (Å²) in [7, 11) is 0. The van der Waals surface area contributed by atoms with Gasteiger partial charge < -0.3 is 4.90 Å². The van der Waals surface area contributed by atoms with E-state index in [1.165, 1.54) is 22.3 Å². The Labute approximate surface area is 115 Å². The highest BCUT2D eigenvalue weighted by Gasteiger charge is 2.33. The minimum absolute atomic E-state index is 0.273. The van der Waals surface area contributed by atoms with E-state index < -0.39 is 0 Å². The van der Waals surface area contributed by atoms with Crippen molar-refractivity contribution in [3.05, 3.63) is 41.0 Å². The Hall–Kier alpha value is -1.57. The Morgan fingerprint density at radius 3 is 2.68 bits per heavy atom. The Kier molecular flexibility index (Phi) is 2.77. The lowest BCUT2D eigenvalue weighted by atomic mass is 9.92. The third-order valence-corrected chi connectivity index (χ3v) is 4.12. The molecule has 1 amide bonds. The molecule has 2 nitrogen and oxygen atoms in total.